The number of rotatable bonds is 5. The highest BCUT2D eigenvalue weighted by molar-refractivity contribution is 7.89. The molecular weight excluding hydrogens is 362 g/mol. The van der Waals surface area contributed by atoms with Crippen molar-refractivity contribution in [3.05, 3.63) is 33.3 Å². The van der Waals surface area contributed by atoms with Crippen LogP contribution in [0.4, 0.5) is 0 Å². The lowest BCUT2D eigenvalue weighted by Crippen LogP contribution is -2.40. The van der Waals surface area contributed by atoms with Crippen LogP contribution in [0.25, 0.3) is 0 Å². The van der Waals surface area contributed by atoms with E-state index in [-0.39, 0.29) is 35.6 Å². The Hall–Kier alpha value is -1.71. The van der Waals surface area contributed by atoms with Gasteiger partial charge in [0, 0.05) is 24.4 Å². The first kappa shape index (κ1) is 18.1. The number of aromatic nitrogens is 1. The van der Waals surface area contributed by atoms with Crippen molar-refractivity contribution in [2.24, 2.45) is 0 Å². The summed E-state index contributed by atoms with van der Waals surface area (Å²) in [6, 6.07) is 2.09. The van der Waals surface area contributed by atoms with E-state index >= 15 is 0 Å². The molecule has 1 N–H and O–H groups in total. The third-order valence-electron chi connectivity index (χ3n) is 4.47. The maximum absolute atomic E-state index is 12.5. The van der Waals surface area contributed by atoms with Gasteiger partial charge in [-0.05, 0) is 44.2 Å². The Kier molecular flexibility index (Phi) is 4.99. The Labute approximate surface area is 151 Å². The molecule has 0 fully saturated rings. The number of nitrogens with zero attached hydrogens (tertiary/aromatic N) is 2. The molecule has 0 aliphatic carbocycles. The highest BCUT2D eigenvalue weighted by Crippen LogP contribution is 2.33. The number of hydrogen-bond acceptors (Lipinski definition) is 6. The summed E-state index contributed by atoms with van der Waals surface area (Å²) < 4.78 is 32.1. The zero-order chi connectivity index (χ0) is 18.2. The topological polar surface area (TPSA) is 92.5 Å². The van der Waals surface area contributed by atoms with Crippen molar-refractivity contribution >= 4 is 27.3 Å². The first-order valence-electron chi connectivity index (χ1n) is 8.09. The maximum Gasteiger partial charge on any atom is 0.245 e. The summed E-state index contributed by atoms with van der Waals surface area (Å²) >= 11 is 1.72. The highest BCUT2D eigenvalue weighted by atomic mass is 32.2. The minimum atomic E-state index is -3.73. The summed E-state index contributed by atoms with van der Waals surface area (Å²) in [5, 5.41) is 5.71. The molecule has 1 aliphatic rings. The van der Waals surface area contributed by atoms with Crippen LogP contribution >= 0.6 is 11.3 Å². The molecular formula is C16H21N3O4S2. The normalized spacial score (nSPS) is 17.6. The van der Waals surface area contributed by atoms with E-state index in [4.69, 9.17) is 4.52 Å². The van der Waals surface area contributed by atoms with Crippen molar-refractivity contribution in [1.82, 2.24) is 14.8 Å². The number of hydrogen-bond donors (Lipinski definition) is 1. The lowest BCUT2D eigenvalue weighted by molar-refractivity contribution is -0.133. The molecule has 7 nitrogen and oxygen atoms in total. The van der Waals surface area contributed by atoms with Gasteiger partial charge in [-0.3, -0.25) is 4.79 Å². The van der Waals surface area contributed by atoms with Crippen molar-refractivity contribution in [3.63, 3.8) is 0 Å². The molecule has 136 valence electrons. The lowest BCUT2D eigenvalue weighted by atomic mass is 10.0. The van der Waals surface area contributed by atoms with Gasteiger partial charge < -0.3 is 9.42 Å². The van der Waals surface area contributed by atoms with Crippen LogP contribution < -0.4 is 4.72 Å². The Morgan fingerprint density at radius 2 is 2.24 bits per heavy atom. The molecule has 0 saturated carbocycles. The second-order valence-electron chi connectivity index (χ2n) is 6.11. The van der Waals surface area contributed by atoms with Gasteiger partial charge in [-0.2, -0.15) is 0 Å². The van der Waals surface area contributed by atoms with Gasteiger partial charge in [-0.25, -0.2) is 13.1 Å². The average Bonchev–Trinajstić information content (AvgIpc) is 3.14. The fraction of sp³-hybridized carbons (Fsp3) is 0.500. The highest BCUT2D eigenvalue weighted by Gasteiger charge is 2.29. The van der Waals surface area contributed by atoms with Crippen LogP contribution in [-0.4, -0.2) is 37.5 Å². The van der Waals surface area contributed by atoms with Crippen LogP contribution in [0.2, 0.25) is 0 Å². The fourth-order valence-electron chi connectivity index (χ4n) is 3.22. The summed E-state index contributed by atoms with van der Waals surface area (Å²) in [7, 11) is -3.73. The quantitative estimate of drug-likeness (QED) is 0.854. The van der Waals surface area contributed by atoms with E-state index in [0.717, 1.165) is 6.42 Å². The molecule has 1 amide bonds. The van der Waals surface area contributed by atoms with E-state index in [0.29, 0.717) is 12.2 Å². The number of carbonyl (C=O) groups excluding carboxylic acids is 1. The van der Waals surface area contributed by atoms with Crippen molar-refractivity contribution in [3.8, 4) is 0 Å². The first-order chi connectivity index (χ1) is 11.8. The lowest BCUT2D eigenvalue weighted by Gasteiger charge is -2.33. The minimum absolute atomic E-state index is 0.0293. The van der Waals surface area contributed by atoms with E-state index < -0.39 is 10.0 Å². The molecule has 0 radical (unpaired) electrons. The van der Waals surface area contributed by atoms with Gasteiger partial charge in [-0.1, -0.05) is 5.16 Å². The monoisotopic (exact) mass is 383 g/mol. The van der Waals surface area contributed by atoms with Crippen LogP contribution in [0.5, 0.6) is 0 Å². The first-order valence-corrected chi connectivity index (χ1v) is 10.5. The molecule has 1 aliphatic heterocycles. The molecule has 9 heteroatoms. The Balaban J connectivity index is 1.60. The smallest absolute Gasteiger partial charge is 0.245 e. The van der Waals surface area contributed by atoms with E-state index in [2.05, 4.69) is 15.9 Å². The number of aryl methyl sites for hydroxylation is 2. The van der Waals surface area contributed by atoms with Gasteiger partial charge in [0.2, 0.25) is 15.9 Å². The van der Waals surface area contributed by atoms with Gasteiger partial charge in [-0.15, -0.1) is 11.3 Å². The molecule has 2 aromatic rings. The molecule has 0 aromatic carbocycles. The second-order valence-corrected chi connectivity index (χ2v) is 8.82. The summed E-state index contributed by atoms with van der Waals surface area (Å²) in [5.41, 5.74) is 1.51. The van der Waals surface area contributed by atoms with E-state index in [1.165, 1.54) is 10.4 Å². The van der Waals surface area contributed by atoms with Crippen molar-refractivity contribution < 1.29 is 17.7 Å². The molecule has 0 saturated heterocycles. The molecule has 0 bridgehead atoms. The predicted molar refractivity (Wildman–Crippen MR) is 93.9 cm³/mol. The minimum Gasteiger partial charge on any atom is -0.360 e. The zero-order valence-electron chi connectivity index (χ0n) is 14.4. The summed E-state index contributed by atoms with van der Waals surface area (Å²) in [6.45, 7) is 5.85. The van der Waals surface area contributed by atoms with Crippen LogP contribution in [0.1, 0.15) is 41.3 Å². The van der Waals surface area contributed by atoms with Crippen molar-refractivity contribution in [1.29, 1.82) is 0 Å². The SMILES string of the molecule is Cc1noc(C)c1S(=O)(=O)NCCC(=O)N1CCc2sccc2[C@@H]1C. The van der Waals surface area contributed by atoms with Gasteiger partial charge in [0.15, 0.2) is 5.76 Å². The molecule has 2 aromatic heterocycles. The number of sulfonamides is 1. The van der Waals surface area contributed by atoms with E-state index in [9.17, 15) is 13.2 Å². The fourth-order valence-corrected chi connectivity index (χ4v) is 5.54. The predicted octanol–water partition coefficient (Wildman–Crippen LogP) is 2.17. The van der Waals surface area contributed by atoms with Gasteiger partial charge in [0.05, 0.1) is 6.04 Å². The average molecular weight is 383 g/mol. The second kappa shape index (κ2) is 6.89. The van der Waals surface area contributed by atoms with Gasteiger partial charge in [0.25, 0.3) is 0 Å². The Morgan fingerprint density at radius 3 is 2.92 bits per heavy atom. The Morgan fingerprint density at radius 1 is 1.48 bits per heavy atom. The summed E-state index contributed by atoms with van der Waals surface area (Å²) in [6.07, 6.45) is 0.973. The summed E-state index contributed by atoms with van der Waals surface area (Å²) in [5.74, 6) is 0.191. The zero-order valence-corrected chi connectivity index (χ0v) is 16.0. The van der Waals surface area contributed by atoms with Crippen LogP contribution in [-0.2, 0) is 21.2 Å². The Bertz CT molecular complexity index is 866. The number of amides is 1. The van der Waals surface area contributed by atoms with Crippen molar-refractivity contribution in [2.75, 3.05) is 13.1 Å². The molecule has 0 unspecified atom stereocenters. The number of thiophene rings is 1. The largest absolute Gasteiger partial charge is 0.360 e. The number of nitrogens with one attached hydrogen (secondary N) is 1. The third-order valence-corrected chi connectivity index (χ3v) is 7.17. The van der Waals surface area contributed by atoms with E-state index in [1.54, 1.807) is 25.2 Å². The molecule has 1 atom stereocenters. The molecule has 3 rings (SSSR count). The number of fused-ring (bicyclic) bond motifs is 1. The molecule has 0 spiro atoms. The molecule has 3 heterocycles. The molecule has 25 heavy (non-hydrogen) atoms. The third kappa shape index (κ3) is 3.49. The van der Waals surface area contributed by atoms with Crippen LogP contribution in [0, 0.1) is 13.8 Å². The van der Waals surface area contributed by atoms with Crippen LogP contribution in [0.15, 0.2) is 20.9 Å². The number of carbonyl (C=O) groups is 1. The maximum atomic E-state index is 12.5. The van der Waals surface area contributed by atoms with Gasteiger partial charge in [0.1, 0.15) is 10.6 Å². The van der Waals surface area contributed by atoms with Crippen LogP contribution in [0.3, 0.4) is 0 Å². The van der Waals surface area contributed by atoms with Gasteiger partial charge >= 0.3 is 0 Å². The van der Waals surface area contributed by atoms with Crippen molar-refractivity contribution in [2.45, 2.75) is 44.6 Å². The standard InChI is InChI=1S/C16H21N3O4S2/c1-10-16(12(3)23-18-10)25(21,22)17-7-4-15(20)19-8-5-14-13(11(19)2)6-9-24-14/h6,9,11,17H,4-5,7-8H2,1-3H3/t11-/m0/s1. The summed E-state index contributed by atoms with van der Waals surface area (Å²) in [4.78, 5) is 15.7. The van der Waals surface area contributed by atoms with E-state index in [1.807, 2.05) is 17.2 Å².